The summed E-state index contributed by atoms with van der Waals surface area (Å²) in [5.74, 6) is 0. The molecule has 1 heterocycles. The van der Waals surface area contributed by atoms with Crippen molar-refractivity contribution in [2.24, 2.45) is 0 Å². The van der Waals surface area contributed by atoms with Gasteiger partial charge in [-0.1, -0.05) is 18.2 Å². The number of rotatable bonds is 2. The van der Waals surface area contributed by atoms with Crippen LogP contribution in [0.3, 0.4) is 0 Å². The van der Waals surface area contributed by atoms with Gasteiger partial charge in [0.1, 0.15) is 0 Å². The van der Waals surface area contributed by atoms with Gasteiger partial charge in [-0.15, -0.1) is 0 Å². The predicted octanol–water partition coefficient (Wildman–Crippen LogP) is 1.77. The Bertz CT molecular complexity index is 497. The lowest BCUT2D eigenvalue weighted by molar-refractivity contribution is 0.189. The SMILES string of the molecule is O=S(=O)(Cl)c1ccccc1C1(F)CCNC1. The van der Waals surface area contributed by atoms with Crippen molar-refractivity contribution in [1.29, 1.82) is 0 Å². The van der Waals surface area contributed by atoms with Crippen LogP contribution in [0.1, 0.15) is 12.0 Å². The molecular formula is C10H11ClFNO2S. The molecular weight excluding hydrogens is 253 g/mol. The maximum absolute atomic E-state index is 14.5. The lowest BCUT2D eigenvalue weighted by Gasteiger charge is -2.20. The van der Waals surface area contributed by atoms with E-state index < -0.39 is 14.7 Å². The van der Waals surface area contributed by atoms with Crippen molar-refractivity contribution in [2.75, 3.05) is 13.1 Å². The highest BCUT2D eigenvalue weighted by Gasteiger charge is 2.39. The number of alkyl halides is 1. The van der Waals surface area contributed by atoms with Crippen LogP contribution in [0.25, 0.3) is 0 Å². The molecule has 0 saturated carbocycles. The van der Waals surface area contributed by atoms with Gasteiger partial charge in [-0.3, -0.25) is 0 Å². The van der Waals surface area contributed by atoms with Crippen LogP contribution in [0.4, 0.5) is 4.39 Å². The normalized spacial score (nSPS) is 25.9. The summed E-state index contributed by atoms with van der Waals surface area (Å²) in [6, 6.07) is 5.95. The lowest BCUT2D eigenvalue weighted by atomic mass is 9.95. The standard InChI is InChI=1S/C10H11ClFNO2S/c11-16(14,15)9-4-2-1-3-8(9)10(12)5-6-13-7-10/h1-4,13H,5-7H2. The van der Waals surface area contributed by atoms with Gasteiger partial charge in [0, 0.05) is 22.8 Å². The molecule has 2 rings (SSSR count). The Morgan fingerprint density at radius 1 is 1.38 bits per heavy atom. The molecule has 1 N–H and O–H groups in total. The Morgan fingerprint density at radius 3 is 2.62 bits per heavy atom. The van der Waals surface area contributed by atoms with E-state index >= 15 is 0 Å². The van der Waals surface area contributed by atoms with Crippen molar-refractivity contribution in [3.05, 3.63) is 29.8 Å². The Labute approximate surface area is 98.0 Å². The molecule has 1 unspecified atom stereocenters. The number of nitrogens with one attached hydrogen (secondary N) is 1. The quantitative estimate of drug-likeness (QED) is 0.828. The fourth-order valence-corrected chi connectivity index (χ4v) is 3.10. The van der Waals surface area contributed by atoms with Crippen molar-refractivity contribution >= 4 is 19.7 Å². The van der Waals surface area contributed by atoms with Crippen LogP contribution < -0.4 is 5.32 Å². The second-order valence-corrected chi connectivity index (χ2v) is 6.36. The summed E-state index contributed by atoms with van der Waals surface area (Å²) in [7, 11) is 1.38. The maximum Gasteiger partial charge on any atom is 0.261 e. The average Bonchev–Trinajstić information content (AvgIpc) is 2.65. The smallest absolute Gasteiger partial charge is 0.261 e. The summed E-state index contributed by atoms with van der Waals surface area (Å²) in [4.78, 5) is -0.136. The molecule has 0 aromatic heterocycles. The van der Waals surface area contributed by atoms with Crippen LogP contribution in [0.15, 0.2) is 29.2 Å². The Kier molecular flexibility index (Phi) is 2.94. The van der Waals surface area contributed by atoms with Crippen LogP contribution in [0.2, 0.25) is 0 Å². The van der Waals surface area contributed by atoms with E-state index in [-0.39, 0.29) is 23.4 Å². The van der Waals surface area contributed by atoms with E-state index in [0.717, 1.165) is 0 Å². The van der Waals surface area contributed by atoms with Gasteiger partial charge in [0.2, 0.25) is 0 Å². The molecule has 88 valence electrons. The van der Waals surface area contributed by atoms with Crippen LogP contribution in [-0.2, 0) is 14.7 Å². The van der Waals surface area contributed by atoms with E-state index in [0.29, 0.717) is 6.54 Å². The lowest BCUT2D eigenvalue weighted by Crippen LogP contribution is -2.25. The summed E-state index contributed by atoms with van der Waals surface area (Å²) < 4.78 is 37.1. The molecule has 1 aliphatic rings. The van der Waals surface area contributed by atoms with Gasteiger partial charge in [-0.2, -0.15) is 0 Å². The first-order chi connectivity index (χ1) is 7.43. The molecule has 0 aliphatic carbocycles. The third kappa shape index (κ3) is 2.07. The minimum Gasteiger partial charge on any atom is -0.313 e. The Morgan fingerprint density at radius 2 is 2.06 bits per heavy atom. The van der Waals surface area contributed by atoms with E-state index in [2.05, 4.69) is 5.32 Å². The average molecular weight is 264 g/mol. The number of hydrogen-bond donors (Lipinski definition) is 1. The van der Waals surface area contributed by atoms with Crippen LogP contribution in [0, 0.1) is 0 Å². The third-order valence-corrected chi connectivity index (χ3v) is 4.12. The third-order valence-electron chi connectivity index (χ3n) is 2.74. The van der Waals surface area contributed by atoms with E-state index in [1.165, 1.54) is 18.2 Å². The molecule has 3 nitrogen and oxygen atoms in total. The molecule has 0 spiro atoms. The maximum atomic E-state index is 14.5. The first-order valence-electron chi connectivity index (χ1n) is 4.87. The highest BCUT2D eigenvalue weighted by Crippen LogP contribution is 2.37. The van der Waals surface area contributed by atoms with Gasteiger partial charge in [0.05, 0.1) is 4.90 Å². The molecule has 1 fully saturated rings. The van der Waals surface area contributed by atoms with Crippen LogP contribution in [-0.4, -0.2) is 21.5 Å². The van der Waals surface area contributed by atoms with Gasteiger partial charge in [0.25, 0.3) is 9.05 Å². The molecule has 6 heteroatoms. The van der Waals surface area contributed by atoms with Gasteiger partial charge in [0.15, 0.2) is 5.67 Å². The van der Waals surface area contributed by atoms with Crippen LogP contribution in [0.5, 0.6) is 0 Å². The van der Waals surface area contributed by atoms with E-state index in [9.17, 15) is 12.8 Å². The van der Waals surface area contributed by atoms with Crippen molar-refractivity contribution in [1.82, 2.24) is 5.32 Å². The van der Waals surface area contributed by atoms with E-state index in [1.54, 1.807) is 6.07 Å². The molecule has 0 bridgehead atoms. The van der Waals surface area contributed by atoms with Gasteiger partial charge < -0.3 is 5.32 Å². The monoisotopic (exact) mass is 263 g/mol. The fraction of sp³-hybridized carbons (Fsp3) is 0.400. The predicted molar refractivity (Wildman–Crippen MR) is 59.8 cm³/mol. The van der Waals surface area contributed by atoms with Crippen molar-refractivity contribution < 1.29 is 12.8 Å². The molecule has 1 atom stereocenters. The zero-order chi connectivity index (χ0) is 11.8. The first-order valence-corrected chi connectivity index (χ1v) is 7.18. The topological polar surface area (TPSA) is 46.2 Å². The zero-order valence-electron chi connectivity index (χ0n) is 8.41. The minimum absolute atomic E-state index is 0.121. The zero-order valence-corrected chi connectivity index (χ0v) is 9.98. The van der Waals surface area contributed by atoms with Crippen molar-refractivity contribution in [3.8, 4) is 0 Å². The van der Waals surface area contributed by atoms with Crippen molar-refractivity contribution in [3.63, 3.8) is 0 Å². The molecule has 1 saturated heterocycles. The fourth-order valence-electron chi connectivity index (χ4n) is 1.94. The Hall–Kier alpha value is -0.650. The minimum atomic E-state index is -3.90. The summed E-state index contributed by atoms with van der Waals surface area (Å²) in [6.07, 6.45) is 0.260. The van der Waals surface area contributed by atoms with Gasteiger partial charge in [-0.05, 0) is 19.0 Å². The molecule has 0 amide bonds. The molecule has 1 aromatic rings. The summed E-state index contributed by atoms with van der Waals surface area (Å²) in [5, 5.41) is 2.88. The summed E-state index contributed by atoms with van der Waals surface area (Å²) in [6.45, 7) is 0.656. The second kappa shape index (κ2) is 3.98. The molecule has 0 radical (unpaired) electrons. The number of halogens is 2. The van der Waals surface area contributed by atoms with E-state index in [4.69, 9.17) is 10.7 Å². The highest BCUT2D eigenvalue weighted by atomic mass is 35.7. The molecule has 16 heavy (non-hydrogen) atoms. The molecule has 1 aromatic carbocycles. The van der Waals surface area contributed by atoms with Gasteiger partial charge in [-0.25, -0.2) is 12.8 Å². The number of benzene rings is 1. The van der Waals surface area contributed by atoms with Crippen molar-refractivity contribution in [2.45, 2.75) is 17.0 Å². The highest BCUT2D eigenvalue weighted by molar-refractivity contribution is 8.13. The first kappa shape index (κ1) is 11.8. The molecule has 1 aliphatic heterocycles. The summed E-state index contributed by atoms with van der Waals surface area (Å²) in [5.41, 5.74) is -1.49. The van der Waals surface area contributed by atoms with Crippen LogP contribution >= 0.6 is 10.7 Å². The second-order valence-electron chi connectivity index (χ2n) is 3.83. The largest absolute Gasteiger partial charge is 0.313 e. The number of hydrogen-bond acceptors (Lipinski definition) is 3. The Balaban J connectivity index is 2.57. The van der Waals surface area contributed by atoms with Gasteiger partial charge >= 0.3 is 0 Å². The van der Waals surface area contributed by atoms with E-state index in [1.807, 2.05) is 0 Å². The summed E-state index contributed by atoms with van der Waals surface area (Å²) >= 11 is 0.